The maximum absolute atomic E-state index is 6.00. The fourth-order valence-corrected chi connectivity index (χ4v) is 3.40. The zero-order valence-corrected chi connectivity index (χ0v) is 10.8. The normalized spacial score (nSPS) is 18.4. The zero-order valence-electron chi connectivity index (χ0n) is 9.97. The third-order valence-corrected chi connectivity index (χ3v) is 4.41. The first kappa shape index (κ1) is 10.7. The van der Waals surface area contributed by atoms with E-state index in [0.717, 1.165) is 17.8 Å². The summed E-state index contributed by atoms with van der Waals surface area (Å²) in [5, 5.41) is 4.87. The molecule has 0 aliphatic carbocycles. The van der Waals surface area contributed by atoms with Crippen LogP contribution in [0, 0.1) is 0 Å². The summed E-state index contributed by atoms with van der Waals surface area (Å²) in [5.41, 5.74) is 9.63. The van der Waals surface area contributed by atoms with Crippen LogP contribution in [0.4, 0.5) is 5.82 Å². The fourth-order valence-electron chi connectivity index (χ4n) is 2.26. The van der Waals surface area contributed by atoms with Gasteiger partial charge in [0.25, 0.3) is 0 Å². The predicted molar refractivity (Wildman–Crippen MR) is 72.1 cm³/mol. The van der Waals surface area contributed by atoms with Gasteiger partial charge >= 0.3 is 0 Å². The van der Waals surface area contributed by atoms with Crippen LogP contribution in [0.3, 0.4) is 0 Å². The molecule has 0 spiro atoms. The molecule has 3 nitrogen and oxygen atoms in total. The summed E-state index contributed by atoms with van der Waals surface area (Å²) >= 11 is 1.95. The molecule has 0 fully saturated rings. The highest BCUT2D eigenvalue weighted by molar-refractivity contribution is 8.00. The van der Waals surface area contributed by atoms with Crippen molar-refractivity contribution in [3.8, 4) is 11.1 Å². The van der Waals surface area contributed by atoms with E-state index >= 15 is 0 Å². The van der Waals surface area contributed by atoms with Gasteiger partial charge in [-0.15, -0.1) is 11.8 Å². The number of fused-ring (bicyclic) bond motifs is 1. The van der Waals surface area contributed by atoms with Crippen molar-refractivity contribution in [3.05, 3.63) is 30.0 Å². The van der Waals surface area contributed by atoms with Gasteiger partial charge in [0.1, 0.15) is 5.82 Å². The number of benzene rings is 1. The van der Waals surface area contributed by atoms with Crippen molar-refractivity contribution in [1.29, 1.82) is 0 Å². The lowest BCUT2D eigenvalue weighted by Gasteiger charge is -2.03. The van der Waals surface area contributed by atoms with Gasteiger partial charge in [-0.2, -0.15) is 5.10 Å². The van der Waals surface area contributed by atoms with E-state index in [9.17, 15) is 0 Å². The van der Waals surface area contributed by atoms with Crippen LogP contribution in [0.1, 0.15) is 12.5 Å². The Balaban J connectivity index is 2.06. The number of nitrogens with two attached hydrogens (primary N) is 1. The van der Waals surface area contributed by atoms with Crippen molar-refractivity contribution in [2.45, 2.75) is 23.5 Å². The Labute approximate surface area is 105 Å². The van der Waals surface area contributed by atoms with Crippen LogP contribution in [0.25, 0.3) is 11.1 Å². The summed E-state index contributed by atoms with van der Waals surface area (Å²) in [6, 6.07) is 6.59. The molecule has 4 heteroatoms. The SMILES string of the molecule is CC1Cc2cc(-c3cnn(C)c3N)ccc2S1. The van der Waals surface area contributed by atoms with E-state index in [1.807, 2.05) is 25.0 Å². The smallest absolute Gasteiger partial charge is 0.129 e. The van der Waals surface area contributed by atoms with E-state index in [-0.39, 0.29) is 0 Å². The van der Waals surface area contributed by atoms with Gasteiger partial charge in [0.15, 0.2) is 0 Å². The van der Waals surface area contributed by atoms with Gasteiger partial charge in [-0.25, -0.2) is 0 Å². The second-order valence-corrected chi connectivity index (χ2v) is 6.00. The highest BCUT2D eigenvalue weighted by Crippen LogP contribution is 2.39. The highest BCUT2D eigenvalue weighted by atomic mass is 32.2. The number of hydrogen-bond donors (Lipinski definition) is 1. The second-order valence-electron chi connectivity index (χ2n) is 4.52. The standard InChI is InChI=1S/C13H15N3S/c1-8-5-10-6-9(3-4-12(10)17-8)11-7-15-16(2)13(11)14/h3-4,6-8H,5,14H2,1-2H3. The lowest BCUT2D eigenvalue weighted by molar-refractivity contribution is 0.779. The topological polar surface area (TPSA) is 43.8 Å². The van der Waals surface area contributed by atoms with E-state index < -0.39 is 0 Å². The first-order valence-electron chi connectivity index (χ1n) is 5.72. The van der Waals surface area contributed by atoms with Crippen LogP contribution in [0.5, 0.6) is 0 Å². The van der Waals surface area contributed by atoms with E-state index in [1.54, 1.807) is 4.68 Å². The summed E-state index contributed by atoms with van der Waals surface area (Å²) in [7, 11) is 1.87. The molecule has 1 aromatic carbocycles. The van der Waals surface area contributed by atoms with Crippen molar-refractivity contribution in [2.75, 3.05) is 5.73 Å². The second kappa shape index (κ2) is 3.81. The minimum absolute atomic E-state index is 0.687. The van der Waals surface area contributed by atoms with Gasteiger partial charge in [-0.05, 0) is 29.7 Å². The average molecular weight is 245 g/mol. The molecule has 0 amide bonds. The van der Waals surface area contributed by atoms with Gasteiger partial charge in [-0.3, -0.25) is 4.68 Å². The molecule has 3 rings (SSSR count). The highest BCUT2D eigenvalue weighted by Gasteiger charge is 2.19. The van der Waals surface area contributed by atoms with Crippen LogP contribution in [0.15, 0.2) is 29.3 Å². The Morgan fingerprint density at radius 3 is 3.00 bits per heavy atom. The largest absolute Gasteiger partial charge is 0.383 e. The summed E-state index contributed by atoms with van der Waals surface area (Å²) in [4.78, 5) is 1.41. The minimum atomic E-state index is 0.687. The lowest BCUT2D eigenvalue weighted by atomic mass is 10.0. The van der Waals surface area contributed by atoms with Crippen molar-refractivity contribution in [3.63, 3.8) is 0 Å². The third kappa shape index (κ3) is 1.72. The Bertz CT molecular complexity index is 574. The molecule has 1 unspecified atom stereocenters. The molecule has 1 atom stereocenters. The third-order valence-electron chi connectivity index (χ3n) is 3.19. The Morgan fingerprint density at radius 2 is 2.29 bits per heavy atom. The molecule has 1 aliphatic heterocycles. The number of anilines is 1. The molecule has 0 bridgehead atoms. The Hall–Kier alpha value is -1.42. The molecule has 17 heavy (non-hydrogen) atoms. The van der Waals surface area contributed by atoms with Crippen LogP contribution in [0.2, 0.25) is 0 Å². The number of aromatic nitrogens is 2. The van der Waals surface area contributed by atoms with E-state index in [1.165, 1.54) is 16.0 Å². The fraction of sp³-hybridized carbons (Fsp3) is 0.308. The summed E-state index contributed by atoms with van der Waals surface area (Å²) in [6.45, 7) is 2.27. The summed E-state index contributed by atoms with van der Waals surface area (Å²) in [5.74, 6) is 0.726. The number of aryl methyl sites for hydroxylation is 1. The zero-order chi connectivity index (χ0) is 12.0. The van der Waals surface area contributed by atoms with Crippen molar-refractivity contribution in [2.24, 2.45) is 7.05 Å². The number of hydrogen-bond acceptors (Lipinski definition) is 3. The van der Waals surface area contributed by atoms with Crippen LogP contribution < -0.4 is 5.73 Å². The van der Waals surface area contributed by atoms with Crippen LogP contribution >= 0.6 is 11.8 Å². The predicted octanol–water partition coefficient (Wildman–Crippen LogP) is 2.71. The summed E-state index contributed by atoms with van der Waals surface area (Å²) in [6.07, 6.45) is 2.98. The molecule has 2 aromatic rings. The number of rotatable bonds is 1. The molecule has 2 heterocycles. The Morgan fingerprint density at radius 1 is 1.47 bits per heavy atom. The molecule has 0 radical (unpaired) electrons. The first-order valence-corrected chi connectivity index (χ1v) is 6.60. The van der Waals surface area contributed by atoms with Gasteiger partial charge in [0.05, 0.1) is 6.20 Å². The maximum Gasteiger partial charge on any atom is 0.129 e. The van der Waals surface area contributed by atoms with E-state index in [2.05, 4.69) is 30.2 Å². The van der Waals surface area contributed by atoms with Gasteiger partial charge in [0, 0.05) is 22.8 Å². The first-order chi connectivity index (χ1) is 8.15. The molecule has 2 N–H and O–H groups in total. The number of nitrogen functional groups attached to an aromatic ring is 1. The molecular weight excluding hydrogens is 230 g/mol. The van der Waals surface area contributed by atoms with E-state index in [4.69, 9.17) is 5.73 Å². The molecule has 1 aromatic heterocycles. The Kier molecular flexibility index (Phi) is 2.40. The van der Waals surface area contributed by atoms with E-state index in [0.29, 0.717) is 5.25 Å². The molecular formula is C13H15N3S. The van der Waals surface area contributed by atoms with Crippen molar-refractivity contribution < 1.29 is 0 Å². The van der Waals surface area contributed by atoms with Gasteiger partial charge in [0.2, 0.25) is 0 Å². The summed E-state index contributed by atoms with van der Waals surface area (Å²) < 4.78 is 1.71. The molecule has 1 aliphatic rings. The van der Waals surface area contributed by atoms with Gasteiger partial charge in [-0.1, -0.05) is 13.0 Å². The van der Waals surface area contributed by atoms with Crippen LogP contribution in [-0.2, 0) is 13.5 Å². The number of nitrogens with zero attached hydrogens (tertiary/aromatic N) is 2. The minimum Gasteiger partial charge on any atom is -0.383 e. The van der Waals surface area contributed by atoms with Crippen LogP contribution in [-0.4, -0.2) is 15.0 Å². The number of thioether (sulfide) groups is 1. The monoisotopic (exact) mass is 245 g/mol. The molecule has 0 saturated carbocycles. The average Bonchev–Trinajstić information content (AvgIpc) is 2.81. The van der Waals surface area contributed by atoms with Gasteiger partial charge < -0.3 is 5.73 Å². The quantitative estimate of drug-likeness (QED) is 0.840. The molecule has 88 valence electrons. The lowest BCUT2D eigenvalue weighted by Crippen LogP contribution is -1.98. The van der Waals surface area contributed by atoms with Crippen molar-refractivity contribution >= 4 is 17.6 Å². The molecule has 0 saturated heterocycles. The maximum atomic E-state index is 6.00. The van der Waals surface area contributed by atoms with Crippen molar-refractivity contribution in [1.82, 2.24) is 9.78 Å².